The number of amides is 2. The predicted molar refractivity (Wildman–Crippen MR) is 137 cm³/mol. The van der Waals surface area contributed by atoms with Crippen molar-refractivity contribution in [2.24, 2.45) is 0 Å². The fraction of sp³-hybridized carbons (Fsp3) is 0.333. The number of benzene rings is 3. The first-order valence-corrected chi connectivity index (χ1v) is 12.4. The lowest BCUT2D eigenvalue weighted by molar-refractivity contribution is -0.131. The molecule has 0 fully saturated rings. The van der Waals surface area contributed by atoms with Gasteiger partial charge in [0.25, 0.3) is 5.91 Å². The van der Waals surface area contributed by atoms with Crippen molar-refractivity contribution < 1.29 is 14.3 Å². The quantitative estimate of drug-likeness (QED) is 0.329. The Hall–Kier alpha value is -3.24. The van der Waals surface area contributed by atoms with E-state index >= 15 is 0 Å². The minimum absolute atomic E-state index is 0.124. The number of allylic oxidation sites excluding steroid dienone is 1. The Balaban J connectivity index is 1.49. The van der Waals surface area contributed by atoms with Crippen LogP contribution in [0.3, 0.4) is 0 Å². The van der Waals surface area contributed by atoms with Crippen LogP contribution in [0.25, 0.3) is 33.7 Å². The molecule has 1 heterocycles. The summed E-state index contributed by atoms with van der Waals surface area (Å²) < 4.78 is 5.82. The first-order chi connectivity index (χ1) is 16.5. The maximum Gasteiger partial charge on any atom is 0.261 e. The lowest BCUT2D eigenvalue weighted by Gasteiger charge is -2.37. The first-order valence-electron chi connectivity index (χ1n) is 12.4. The van der Waals surface area contributed by atoms with Gasteiger partial charge in [-0.2, -0.15) is 0 Å². The van der Waals surface area contributed by atoms with E-state index in [1.54, 1.807) is 0 Å². The molecule has 3 aliphatic rings. The average molecular weight is 452 g/mol. The molecule has 0 bridgehead atoms. The van der Waals surface area contributed by atoms with Crippen LogP contribution in [-0.2, 0) is 16.0 Å². The molecule has 3 atom stereocenters. The Morgan fingerprint density at radius 1 is 1.03 bits per heavy atom. The molecule has 4 nitrogen and oxygen atoms in total. The molecule has 0 saturated carbocycles. The van der Waals surface area contributed by atoms with E-state index in [4.69, 9.17) is 4.74 Å². The van der Waals surface area contributed by atoms with E-state index in [0.29, 0.717) is 18.6 Å². The van der Waals surface area contributed by atoms with Crippen LogP contribution in [0.4, 0.5) is 0 Å². The van der Waals surface area contributed by atoms with E-state index in [9.17, 15) is 9.59 Å². The number of carbonyl (C=O) groups excluding carboxylic acids is 2. The first kappa shape index (κ1) is 21.3. The van der Waals surface area contributed by atoms with E-state index in [2.05, 4.69) is 49.4 Å². The molecule has 172 valence electrons. The number of ether oxygens (including phenoxy) is 1. The van der Waals surface area contributed by atoms with Crippen molar-refractivity contribution in [3.05, 3.63) is 70.3 Å². The molecule has 4 heteroatoms. The summed E-state index contributed by atoms with van der Waals surface area (Å²) in [6, 6.07) is 10.3. The predicted octanol–water partition coefficient (Wildman–Crippen LogP) is 6.25. The summed E-state index contributed by atoms with van der Waals surface area (Å²) in [4.78, 5) is 28.8. The fourth-order valence-electron chi connectivity index (χ4n) is 5.85. The summed E-state index contributed by atoms with van der Waals surface area (Å²) in [7, 11) is 0. The average Bonchev–Trinajstić information content (AvgIpc) is 2.85. The molecular weight excluding hydrogens is 422 g/mol. The zero-order chi connectivity index (χ0) is 23.6. The monoisotopic (exact) mass is 451 g/mol. The zero-order valence-electron chi connectivity index (χ0n) is 19.9. The third-order valence-electron chi connectivity index (χ3n) is 7.81. The fourth-order valence-corrected chi connectivity index (χ4v) is 5.85. The van der Waals surface area contributed by atoms with Crippen molar-refractivity contribution in [3.63, 3.8) is 0 Å². The molecule has 0 aromatic heterocycles. The second-order valence-electron chi connectivity index (χ2n) is 9.80. The van der Waals surface area contributed by atoms with E-state index < -0.39 is 5.92 Å². The Morgan fingerprint density at radius 3 is 2.65 bits per heavy atom. The minimum atomic E-state index is -0.428. The van der Waals surface area contributed by atoms with Gasteiger partial charge in [0.2, 0.25) is 5.91 Å². The summed E-state index contributed by atoms with van der Waals surface area (Å²) >= 11 is 0. The van der Waals surface area contributed by atoms with Crippen molar-refractivity contribution in [1.82, 2.24) is 4.90 Å². The van der Waals surface area contributed by atoms with Gasteiger partial charge in [-0.25, -0.2) is 0 Å². The van der Waals surface area contributed by atoms with Crippen LogP contribution in [0.2, 0.25) is 0 Å². The van der Waals surface area contributed by atoms with E-state index in [1.165, 1.54) is 26.8 Å². The van der Waals surface area contributed by atoms with Crippen LogP contribution in [0.15, 0.2) is 42.5 Å². The normalized spacial score (nSPS) is 19.9. The smallest absolute Gasteiger partial charge is 0.261 e. The Labute approximate surface area is 199 Å². The van der Waals surface area contributed by atoms with Crippen molar-refractivity contribution in [2.45, 2.75) is 58.1 Å². The Morgan fingerprint density at radius 2 is 1.82 bits per heavy atom. The van der Waals surface area contributed by atoms with Crippen LogP contribution in [-0.4, -0.2) is 35.5 Å². The van der Waals surface area contributed by atoms with Crippen LogP contribution in [0.5, 0.6) is 0 Å². The summed E-state index contributed by atoms with van der Waals surface area (Å²) in [5.41, 5.74) is 5.19. The number of fused-ring (bicyclic) bond motifs is 2. The van der Waals surface area contributed by atoms with Gasteiger partial charge in [0, 0.05) is 18.2 Å². The summed E-state index contributed by atoms with van der Waals surface area (Å²) in [5.74, 6) is -0.739. The maximum absolute atomic E-state index is 13.7. The van der Waals surface area contributed by atoms with Crippen LogP contribution < -0.4 is 0 Å². The van der Waals surface area contributed by atoms with Crippen molar-refractivity contribution >= 4 is 45.5 Å². The highest BCUT2D eigenvalue weighted by Crippen LogP contribution is 2.47. The molecule has 0 spiro atoms. The maximum atomic E-state index is 13.7. The SMILES string of the molecule is CCC(C)OCCC(C)N1C(=O)c2ccc3c4c5c(cccc5c5c3c2C(C=C5)C1=O)CC=C4. The van der Waals surface area contributed by atoms with Gasteiger partial charge in [0.1, 0.15) is 0 Å². The number of carbonyl (C=O) groups is 2. The van der Waals surface area contributed by atoms with Crippen molar-refractivity contribution in [2.75, 3.05) is 6.61 Å². The number of nitrogens with zero attached hydrogens (tertiary/aromatic N) is 1. The van der Waals surface area contributed by atoms with Gasteiger partial charge < -0.3 is 4.74 Å². The highest BCUT2D eigenvalue weighted by molar-refractivity contribution is 6.22. The Bertz CT molecular complexity index is 1430. The molecule has 0 radical (unpaired) electrons. The number of hydrogen-bond donors (Lipinski definition) is 0. The molecule has 3 unspecified atom stereocenters. The molecule has 1 aliphatic heterocycles. The summed E-state index contributed by atoms with van der Waals surface area (Å²) in [6.07, 6.45) is 11.2. The standard InChI is InChI=1S/C30H29NO3/c1-4-18(3)34-16-15-17(2)31-29(32)24-13-11-22-20-9-5-7-19-8-6-10-21(26(19)20)23-12-14-25(30(31)33)28(24)27(22)23/h5-7,9-14,17-18,24H,4,8,15-16H2,1-3H3. The van der Waals surface area contributed by atoms with Crippen LogP contribution >= 0.6 is 0 Å². The van der Waals surface area contributed by atoms with E-state index in [-0.39, 0.29) is 24.0 Å². The number of rotatable bonds is 6. The number of imide groups is 1. The second kappa shape index (κ2) is 7.92. The number of hydrogen-bond acceptors (Lipinski definition) is 3. The van der Waals surface area contributed by atoms with Crippen LogP contribution in [0.1, 0.15) is 72.1 Å². The van der Waals surface area contributed by atoms with E-state index in [1.807, 2.05) is 26.0 Å². The molecule has 2 aliphatic carbocycles. The highest BCUT2D eigenvalue weighted by Gasteiger charge is 2.42. The molecular formula is C30H29NO3. The minimum Gasteiger partial charge on any atom is -0.378 e. The zero-order valence-corrected chi connectivity index (χ0v) is 19.9. The molecule has 34 heavy (non-hydrogen) atoms. The van der Waals surface area contributed by atoms with Gasteiger partial charge in [-0.15, -0.1) is 0 Å². The molecule has 0 saturated heterocycles. The van der Waals surface area contributed by atoms with E-state index in [0.717, 1.165) is 34.7 Å². The largest absolute Gasteiger partial charge is 0.378 e. The molecule has 2 amide bonds. The van der Waals surface area contributed by atoms with Gasteiger partial charge in [-0.1, -0.05) is 55.5 Å². The van der Waals surface area contributed by atoms with Gasteiger partial charge in [0.15, 0.2) is 0 Å². The summed E-state index contributed by atoms with van der Waals surface area (Å²) in [5, 5.41) is 4.68. The lowest BCUT2D eigenvalue weighted by Crippen LogP contribution is -2.49. The second-order valence-corrected chi connectivity index (χ2v) is 9.80. The lowest BCUT2D eigenvalue weighted by atomic mass is 9.75. The van der Waals surface area contributed by atoms with Gasteiger partial charge >= 0.3 is 0 Å². The molecule has 3 aromatic carbocycles. The van der Waals surface area contributed by atoms with Gasteiger partial charge in [-0.05, 0) is 83.0 Å². The molecule has 0 N–H and O–H groups in total. The molecule has 3 aromatic rings. The van der Waals surface area contributed by atoms with Gasteiger partial charge in [0.05, 0.1) is 12.0 Å². The third-order valence-corrected chi connectivity index (χ3v) is 7.81. The highest BCUT2D eigenvalue weighted by atomic mass is 16.5. The van der Waals surface area contributed by atoms with Gasteiger partial charge in [-0.3, -0.25) is 14.5 Å². The molecule has 6 rings (SSSR count). The summed E-state index contributed by atoms with van der Waals surface area (Å²) in [6.45, 7) is 6.61. The van der Waals surface area contributed by atoms with Crippen LogP contribution in [0, 0.1) is 0 Å². The Kier molecular flexibility index (Phi) is 4.96. The third kappa shape index (κ3) is 2.94. The van der Waals surface area contributed by atoms with Crippen molar-refractivity contribution in [3.8, 4) is 0 Å². The van der Waals surface area contributed by atoms with Crippen molar-refractivity contribution in [1.29, 1.82) is 0 Å². The topological polar surface area (TPSA) is 46.6 Å².